The number of carbonyl (C=O) groups is 3. The third-order valence-corrected chi connectivity index (χ3v) is 5.78. The first-order valence-electron chi connectivity index (χ1n) is 11.8. The standard InChI is InChI=1S/C24H29Cl2N7O5/c1-14(34)31-32-18(35)7-5-6-10-37-17-9-8-16(25)19(26)15(17)11-33-13-29-20-21(27-12-28-22(20)33)30-23(36)38-24(2,3)4/h8-9,12-13H,5-7,10-11H2,1-4H3,(H,31,34)(H,32,35)(H,27,28,30,36). The summed E-state index contributed by atoms with van der Waals surface area (Å²) in [4.78, 5) is 47.6. The Morgan fingerprint density at radius 1 is 1.05 bits per heavy atom. The van der Waals surface area contributed by atoms with Crippen LogP contribution >= 0.6 is 23.2 Å². The maximum atomic E-state index is 12.2. The molecule has 0 unspecified atom stereocenters. The molecule has 0 bridgehead atoms. The molecule has 14 heteroatoms. The van der Waals surface area contributed by atoms with Crippen molar-refractivity contribution in [3.05, 3.63) is 40.4 Å². The number of unbranched alkanes of at least 4 members (excludes halogenated alkanes) is 1. The molecular formula is C24H29Cl2N7O5. The number of anilines is 1. The van der Waals surface area contributed by atoms with Crippen molar-refractivity contribution in [3.8, 4) is 5.75 Å². The number of aromatic nitrogens is 4. The lowest BCUT2D eigenvalue weighted by molar-refractivity contribution is -0.127. The first-order valence-corrected chi connectivity index (χ1v) is 12.5. The molecule has 3 rings (SSSR count). The second kappa shape index (κ2) is 12.7. The maximum absolute atomic E-state index is 12.2. The van der Waals surface area contributed by atoms with E-state index in [1.807, 2.05) is 0 Å². The van der Waals surface area contributed by atoms with Crippen molar-refractivity contribution in [2.75, 3.05) is 11.9 Å². The van der Waals surface area contributed by atoms with E-state index in [-0.39, 0.29) is 30.6 Å². The first kappa shape index (κ1) is 28.9. The smallest absolute Gasteiger partial charge is 0.413 e. The summed E-state index contributed by atoms with van der Waals surface area (Å²) in [5.41, 5.74) is 5.33. The zero-order valence-electron chi connectivity index (χ0n) is 21.4. The van der Waals surface area contributed by atoms with Crippen LogP contribution in [-0.4, -0.2) is 49.6 Å². The van der Waals surface area contributed by atoms with Gasteiger partial charge in [-0.2, -0.15) is 0 Å². The van der Waals surface area contributed by atoms with Crippen molar-refractivity contribution in [2.45, 2.75) is 59.1 Å². The highest BCUT2D eigenvalue weighted by molar-refractivity contribution is 6.42. The van der Waals surface area contributed by atoms with E-state index in [0.717, 1.165) is 0 Å². The second-order valence-corrected chi connectivity index (χ2v) is 10.1. The molecule has 2 aromatic heterocycles. The Balaban J connectivity index is 1.70. The summed E-state index contributed by atoms with van der Waals surface area (Å²) in [5.74, 6) is 0.0933. The Hall–Kier alpha value is -3.64. The monoisotopic (exact) mass is 565 g/mol. The highest BCUT2D eigenvalue weighted by atomic mass is 35.5. The van der Waals surface area contributed by atoms with Crippen LogP contribution in [-0.2, 0) is 20.9 Å². The summed E-state index contributed by atoms with van der Waals surface area (Å²) in [6, 6.07) is 3.36. The van der Waals surface area contributed by atoms with E-state index >= 15 is 0 Å². The van der Waals surface area contributed by atoms with Gasteiger partial charge in [-0.05, 0) is 45.7 Å². The average molecular weight is 566 g/mol. The van der Waals surface area contributed by atoms with Gasteiger partial charge in [-0.1, -0.05) is 23.2 Å². The molecule has 0 aliphatic rings. The van der Waals surface area contributed by atoms with Crippen molar-refractivity contribution < 1.29 is 23.9 Å². The van der Waals surface area contributed by atoms with Gasteiger partial charge in [-0.15, -0.1) is 0 Å². The average Bonchev–Trinajstić information content (AvgIpc) is 3.24. The number of rotatable bonds is 9. The number of hydrazine groups is 1. The van der Waals surface area contributed by atoms with Crippen LogP contribution in [0.15, 0.2) is 24.8 Å². The van der Waals surface area contributed by atoms with Gasteiger partial charge in [0.1, 0.15) is 17.7 Å². The number of nitrogens with one attached hydrogen (secondary N) is 3. The predicted molar refractivity (Wildman–Crippen MR) is 142 cm³/mol. The number of ether oxygens (including phenoxy) is 2. The summed E-state index contributed by atoms with van der Waals surface area (Å²) in [5, 5.41) is 3.28. The largest absolute Gasteiger partial charge is 0.493 e. The van der Waals surface area contributed by atoms with Gasteiger partial charge in [0, 0.05) is 18.9 Å². The number of amides is 3. The lowest BCUT2D eigenvalue weighted by atomic mass is 10.2. The molecule has 3 N–H and O–H groups in total. The molecule has 0 spiro atoms. The van der Waals surface area contributed by atoms with E-state index in [4.69, 9.17) is 32.7 Å². The number of fused-ring (bicyclic) bond motifs is 1. The number of benzene rings is 1. The summed E-state index contributed by atoms with van der Waals surface area (Å²) in [6.07, 6.45) is 3.58. The summed E-state index contributed by atoms with van der Waals surface area (Å²) < 4.78 is 13.0. The van der Waals surface area contributed by atoms with E-state index in [9.17, 15) is 14.4 Å². The Kier molecular flexibility index (Phi) is 9.70. The minimum Gasteiger partial charge on any atom is -0.493 e. The lowest BCUT2D eigenvalue weighted by Crippen LogP contribution is -2.40. The molecule has 0 atom stereocenters. The van der Waals surface area contributed by atoms with Crippen LogP contribution in [0.3, 0.4) is 0 Å². The van der Waals surface area contributed by atoms with Gasteiger partial charge in [-0.3, -0.25) is 25.8 Å². The molecular weight excluding hydrogens is 537 g/mol. The van der Waals surface area contributed by atoms with E-state index in [1.165, 1.54) is 13.3 Å². The minimum absolute atomic E-state index is 0.208. The number of halogens is 2. The molecule has 0 saturated carbocycles. The lowest BCUT2D eigenvalue weighted by Gasteiger charge is -2.19. The fourth-order valence-corrected chi connectivity index (χ4v) is 3.70. The number of hydrogen-bond acceptors (Lipinski definition) is 8. The van der Waals surface area contributed by atoms with Gasteiger partial charge in [0.25, 0.3) is 0 Å². The number of imidazole rings is 1. The zero-order valence-corrected chi connectivity index (χ0v) is 22.9. The maximum Gasteiger partial charge on any atom is 0.413 e. The van der Waals surface area contributed by atoms with Crippen LogP contribution in [0, 0.1) is 0 Å². The molecule has 3 aromatic rings. The van der Waals surface area contributed by atoms with Crippen molar-refractivity contribution in [1.82, 2.24) is 30.4 Å². The second-order valence-electron chi connectivity index (χ2n) is 9.27. The van der Waals surface area contributed by atoms with Crippen molar-refractivity contribution in [1.29, 1.82) is 0 Å². The van der Waals surface area contributed by atoms with Gasteiger partial charge in [-0.25, -0.2) is 19.7 Å². The van der Waals surface area contributed by atoms with Crippen LogP contribution < -0.4 is 20.9 Å². The van der Waals surface area contributed by atoms with E-state index in [0.29, 0.717) is 52.0 Å². The van der Waals surface area contributed by atoms with E-state index in [2.05, 4.69) is 31.1 Å². The van der Waals surface area contributed by atoms with Crippen molar-refractivity contribution in [2.24, 2.45) is 0 Å². The summed E-state index contributed by atoms with van der Waals surface area (Å²) >= 11 is 12.8. The molecule has 12 nitrogen and oxygen atoms in total. The van der Waals surface area contributed by atoms with Gasteiger partial charge < -0.3 is 14.0 Å². The molecule has 38 heavy (non-hydrogen) atoms. The zero-order chi connectivity index (χ0) is 27.9. The molecule has 0 fully saturated rings. The van der Waals surface area contributed by atoms with Gasteiger partial charge in [0.05, 0.1) is 29.5 Å². The molecule has 3 amide bonds. The Morgan fingerprint density at radius 2 is 1.82 bits per heavy atom. The fraction of sp³-hybridized carbons (Fsp3) is 0.417. The van der Waals surface area contributed by atoms with Gasteiger partial charge in [0.2, 0.25) is 11.8 Å². The van der Waals surface area contributed by atoms with Crippen LogP contribution in [0.1, 0.15) is 52.5 Å². The van der Waals surface area contributed by atoms with Gasteiger partial charge >= 0.3 is 6.09 Å². The Morgan fingerprint density at radius 3 is 2.53 bits per heavy atom. The van der Waals surface area contributed by atoms with Gasteiger partial charge in [0.15, 0.2) is 17.0 Å². The van der Waals surface area contributed by atoms with E-state index < -0.39 is 11.7 Å². The SMILES string of the molecule is CC(=O)NNC(=O)CCCCOc1ccc(Cl)c(Cl)c1Cn1cnc2c(NC(=O)OC(C)(C)C)ncnc21. The highest BCUT2D eigenvalue weighted by Crippen LogP contribution is 2.34. The number of carbonyl (C=O) groups excluding carboxylic acids is 3. The highest BCUT2D eigenvalue weighted by Gasteiger charge is 2.20. The molecule has 1 aromatic carbocycles. The molecule has 0 saturated heterocycles. The molecule has 204 valence electrons. The topological polar surface area (TPSA) is 149 Å². The number of hydrogen-bond donors (Lipinski definition) is 3. The van der Waals surface area contributed by atoms with Crippen molar-refractivity contribution >= 4 is 58.1 Å². The summed E-state index contributed by atoms with van der Waals surface area (Å²) in [7, 11) is 0. The molecule has 2 heterocycles. The predicted octanol–water partition coefficient (Wildman–Crippen LogP) is 4.24. The third-order valence-electron chi connectivity index (χ3n) is 4.94. The molecule has 0 aliphatic carbocycles. The molecule has 0 aliphatic heterocycles. The van der Waals surface area contributed by atoms with E-state index in [1.54, 1.807) is 43.8 Å². The quantitative estimate of drug-likeness (QED) is 0.257. The third kappa shape index (κ3) is 8.18. The fourth-order valence-electron chi connectivity index (χ4n) is 3.31. The first-order chi connectivity index (χ1) is 17.9. The molecule has 0 radical (unpaired) electrons. The van der Waals surface area contributed by atoms with Crippen LogP contribution in [0.5, 0.6) is 5.75 Å². The van der Waals surface area contributed by atoms with Crippen LogP contribution in [0.25, 0.3) is 11.2 Å². The van der Waals surface area contributed by atoms with Crippen LogP contribution in [0.4, 0.5) is 10.6 Å². The minimum atomic E-state index is -0.672. The van der Waals surface area contributed by atoms with Crippen molar-refractivity contribution in [3.63, 3.8) is 0 Å². The number of nitrogens with zero attached hydrogens (tertiary/aromatic N) is 4. The Bertz CT molecular complexity index is 1320. The Labute approximate surface area is 229 Å². The van der Waals surface area contributed by atoms with Crippen LogP contribution in [0.2, 0.25) is 10.0 Å². The summed E-state index contributed by atoms with van der Waals surface area (Å²) in [6.45, 7) is 7.15. The normalized spacial score (nSPS) is 11.2.